The Balaban J connectivity index is 1.87. The van der Waals surface area contributed by atoms with Gasteiger partial charge in [0.2, 0.25) is 5.91 Å². The summed E-state index contributed by atoms with van der Waals surface area (Å²) < 4.78 is 24.2. The van der Waals surface area contributed by atoms with Crippen LogP contribution in [-0.2, 0) is 16.1 Å². The fourth-order valence-electron chi connectivity index (χ4n) is 2.63. The minimum absolute atomic E-state index is 0.0648. The van der Waals surface area contributed by atoms with Crippen molar-refractivity contribution in [3.8, 4) is 5.75 Å². The van der Waals surface area contributed by atoms with Gasteiger partial charge in [0.15, 0.2) is 0 Å². The average Bonchev–Trinajstić information content (AvgIpc) is 2.70. The van der Waals surface area contributed by atoms with E-state index < -0.39 is 23.3 Å². The molecule has 0 fully saturated rings. The first kappa shape index (κ1) is 19.0. The fraction of sp³-hybridized carbons (Fsp3) is 0.158. The summed E-state index contributed by atoms with van der Waals surface area (Å²) in [5, 5.41) is 2.62. The molecule has 3 rings (SSSR count). The maximum Gasteiger partial charge on any atom is 0.340 e. The molecule has 9 heteroatoms. The van der Waals surface area contributed by atoms with E-state index >= 15 is 0 Å². The van der Waals surface area contributed by atoms with E-state index in [1.807, 2.05) is 0 Å². The molecule has 0 atom stereocenters. The predicted octanol–water partition coefficient (Wildman–Crippen LogP) is 1.97. The smallest absolute Gasteiger partial charge is 0.340 e. The molecule has 0 aliphatic carbocycles. The Morgan fingerprint density at radius 1 is 1.18 bits per heavy atom. The van der Waals surface area contributed by atoms with Crippen molar-refractivity contribution in [3.05, 3.63) is 64.5 Å². The van der Waals surface area contributed by atoms with Gasteiger partial charge >= 0.3 is 5.97 Å². The minimum Gasteiger partial charge on any atom is -0.497 e. The van der Waals surface area contributed by atoms with Crippen LogP contribution in [0, 0.1) is 5.82 Å². The molecule has 0 aliphatic rings. The zero-order chi connectivity index (χ0) is 20.3. The number of aromatic nitrogens is 2. The second kappa shape index (κ2) is 7.87. The topological polar surface area (TPSA) is 99.5 Å². The predicted molar refractivity (Wildman–Crippen MR) is 98.9 cm³/mol. The molecule has 0 aliphatic heterocycles. The molecule has 1 N–H and O–H groups in total. The van der Waals surface area contributed by atoms with Crippen LogP contribution in [0.1, 0.15) is 10.4 Å². The number of hydrogen-bond acceptors (Lipinski definition) is 6. The van der Waals surface area contributed by atoms with E-state index in [1.165, 1.54) is 44.8 Å². The highest BCUT2D eigenvalue weighted by atomic mass is 19.1. The van der Waals surface area contributed by atoms with Crippen LogP contribution < -0.4 is 15.6 Å². The molecule has 0 unspecified atom stereocenters. The van der Waals surface area contributed by atoms with Gasteiger partial charge in [-0.05, 0) is 36.4 Å². The van der Waals surface area contributed by atoms with Crippen LogP contribution in [0.3, 0.4) is 0 Å². The molecule has 0 radical (unpaired) electrons. The highest BCUT2D eigenvalue weighted by Crippen LogP contribution is 2.23. The normalized spacial score (nSPS) is 10.5. The number of ether oxygens (including phenoxy) is 2. The number of hydrogen-bond donors (Lipinski definition) is 1. The maximum atomic E-state index is 13.4. The number of nitrogens with one attached hydrogen (secondary N) is 1. The highest BCUT2D eigenvalue weighted by Gasteiger charge is 2.16. The van der Waals surface area contributed by atoms with E-state index in [1.54, 1.807) is 6.07 Å². The molecule has 2 aromatic carbocycles. The molecule has 0 spiro atoms. The minimum atomic E-state index is -0.658. The number of halogens is 1. The SMILES string of the molecule is COC(=O)c1cc(OC)ccc1NC(=O)Cn1cnc2ccc(F)cc2c1=O. The number of benzene rings is 2. The van der Waals surface area contributed by atoms with Crippen molar-refractivity contribution < 1.29 is 23.5 Å². The van der Waals surface area contributed by atoms with Crippen LogP contribution in [0.25, 0.3) is 10.9 Å². The molecule has 8 nitrogen and oxygen atoms in total. The molecule has 1 aromatic heterocycles. The Labute approximate surface area is 158 Å². The number of anilines is 1. The summed E-state index contributed by atoms with van der Waals surface area (Å²) in [6, 6.07) is 8.13. The number of esters is 1. The molecule has 3 aromatic rings. The van der Waals surface area contributed by atoms with Gasteiger partial charge in [-0.25, -0.2) is 14.2 Å². The number of carbonyl (C=O) groups is 2. The molecule has 0 bridgehead atoms. The van der Waals surface area contributed by atoms with Crippen molar-refractivity contribution in [1.82, 2.24) is 9.55 Å². The van der Waals surface area contributed by atoms with Crippen LogP contribution in [0.2, 0.25) is 0 Å². The van der Waals surface area contributed by atoms with Gasteiger partial charge in [0, 0.05) is 0 Å². The number of nitrogens with zero attached hydrogens (tertiary/aromatic N) is 2. The summed E-state index contributed by atoms with van der Waals surface area (Å²) >= 11 is 0. The van der Waals surface area contributed by atoms with Gasteiger partial charge in [0.25, 0.3) is 5.56 Å². The number of rotatable bonds is 5. The molecular weight excluding hydrogens is 369 g/mol. The van der Waals surface area contributed by atoms with Gasteiger partial charge in [-0.3, -0.25) is 14.2 Å². The van der Waals surface area contributed by atoms with Crippen LogP contribution in [-0.4, -0.2) is 35.6 Å². The lowest BCUT2D eigenvalue weighted by molar-refractivity contribution is -0.116. The number of carbonyl (C=O) groups excluding carboxylic acids is 2. The van der Waals surface area contributed by atoms with Crippen molar-refractivity contribution in [2.24, 2.45) is 0 Å². The first-order chi connectivity index (χ1) is 13.4. The molecule has 144 valence electrons. The van der Waals surface area contributed by atoms with Gasteiger partial charge in [-0.2, -0.15) is 0 Å². The van der Waals surface area contributed by atoms with Crippen LogP contribution in [0.4, 0.5) is 10.1 Å². The molecule has 28 heavy (non-hydrogen) atoms. The summed E-state index contributed by atoms with van der Waals surface area (Å²) in [5.74, 6) is -1.39. The molecule has 1 heterocycles. The van der Waals surface area contributed by atoms with Crippen molar-refractivity contribution in [3.63, 3.8) is 0 Å². The van der Waals surface area contributed by atoms with E-state index in [0.717, 1.165) is 10.6 Å². The van der Waals surface area contributed by atoms with E-state index in [-0.39, 0.29) is 23.2 Å². The summed E-state index contributed by atoms with van der Waals surface area (Å²) in [4.78, 5) is 40.9. The zero-order valence-electron chi connectivity index (χ0n) is 15.1. The molecule has 0 saturated heterocycles. The van der Waals surface area contributed by atoms with E-state index in [4.69, 9.17) is 9.47 Å². The Bertz CT molecular complexity index is 1130. The Morgan fingerprint density at radius 2 is 1.96 bits per heavy atom. The van der Waals surface area contributed by atoms with E-state index in [2.05, 4.69) is 10.3 Å². The summed E-state index contributed by atoms with van der Waals surface area (Å²) in [5.41, 5.74) is 0.0699. The van der Waals surface area contributed by atoms with Crippen molar-refractivity contribution in [2.75, 3.05) is 19.5 Å². The van der Waals surface area contributed by atoms with E-state index in [0.29, 0.717) is 11.3 Å². The lowest BCUT2D eigenvalue weighted by atomic mass is 10.1. The number of fused-ring (bicyclic) bond motifs is 1. The summed E-state index contributed by atoms with van der Waals surface area (Å²) in [6.45, 7) is -0.370. The quantitative estimate of drug-likeness (QED) is 0.674. The second-order valence-corrected chi connectivity index (χ2v) is 5.79. The lowest BCUT2D eigenvalue weighted by Gasteiger charge is -2.12. The number of methoxy groups -OCH3 is 2. The van der Waals surface area contributed by atoms with Crippen LogP contribution >= 0.6 is 0 Å². The summed E-state index contributed by atoms with van der Waals surface area (Å²) in [7, 11) is 2.66. The van der Waals surface area contributed by atoms with Gasteiger partial charge in [-0.1, -0.05) is 0 Å². The largest absolute Gasteiger partial charge is 0.497 e. The van der Waals surface area contributed by atoms with Crippen molar-refractivity contribution in [1.29, 1.82) is 0 Å². The van der Waals surface area contributed by atoms with Crippen LogP contribution in [0.5, 0.6) is 5.75 Å². The standard InChI is InChI=1S/C19H16FN3O5/c1-27-12-4-6-16(14(8-12)19(26)28-2)22-17(24)9-23-10-21-15-5-3-11(20)7-13(15)18(23)25/h3-8,10H,9H2,1-2H3,(H,22,24). The fourth-order valence-corrected chi connectivity index (χ4v) is 2.63. The van der Waals surface area contributed by atoms with Gasteiger partial charge < -0.3 is 14.8 Å². The molecule has 0 saturated carbocycles. The lowest BCUT2D eigenvalue weighted by Crippen LogP contribution is -2.28. The molecular formula is C19H16FN3O5. The maximum absolute atomic E-state index is 13.4. The Hall–Kier alpha value is -3.75. The van der Waals surface area contributed by atoms with Crippen molar-refractivity contribution in [2.45, 2.75) is 6.54 Å². The highest BCUT2D eigenvalue weighted by molar-refractivity contribution is 6.01. The number of amides is 1. The summed E-state index contributed by atoms with van der Waals surface area (Å²) in [6.07, 6.45) is 1.21. The first-order valence-corrected chi connectivity index (χ1v) is 8.14. The Morgan fingerprint density at radius 3 is 2.68 bits per heavy atom. The third-order valence-corrected chi connectivity index (χ3v) is 4.01. The molecule has 1 amide bonds. The van der Waals surface area contributed by atoms with E-state index in [9.17, 15) is 18.8 Å². The average molecular weight is 385 g/mol. The van der Waals surface area contributed by atoms with Gasteiger partial charge in [0.1, 0.15) is 18.1 Å². The van der Waals surface area contributed by atoms with Crippen molar-refractivity contribution >= 4 is 28.5 Å². The second-order valence-electron chi connectivity index (χ2n) is 5.79. The van der Waals surface area contributed by atoms with Crippen LogP contribution in [0.15, 0.2) is 47.5 Å². The monoisotopic (exact) mass is 385 g/mol. The van der Waals surface area contributed by atoms with Gasteiger partial charge in [0.05, 0.1) is 42.7 Å². The zero-order valence-corrected chi connectivity index (χ0v) is 15.1. The first-order valence-electron chi connectivity index (χ1n) is 8.14. The third kappa shape index (κ3) is 3.83. The third-order valence-electron chi connectivity index (χ3n) is 4.01. The van der Waals surface area contributed by atoms with Gasteiger partial charge in [-0.15, -0.1) is 0 Å². The Kier molecular flexibility index (Phi) is 5.35.